The van der Waals surface area contributed by atoms with Gasteiger partial charge in [-0.25, -0.2) is 0 Å². The molecule has 0 aliphatic rings. The maximum Gasteiger partial charge on any atom is 0.0420 e. The Labute approximate surface area is 130 Å². The van der Waals surface area contributed by atoms with Gasteiger partial charge in [-0.15, -0.1) is 6.58 Å². The maximum absolute atomic E-state index is 6.13. The van der Waals surface area contributed by atoms with Crippen molar-refractivity contribution < 1.29 is 0 Å². The SMILES string of the molecule is C=CCCCCCC(NCC)c1cc(Cl)cc(Br)c1. The first kappa shape index (κ1) is 16.7. The van der Waals surface area contributed by atoms with E-state index in [1.165, 1.54) is 24.8 Å². The molecule has 0 bridgehead atoms. The standard InChI is InChI=1S/C16H23BrClN/c1-3-5-6-7-8-9-16(19-4-2)13-10-14(17)12-15(18)11-13/h3,10-12,16,19H,1,4-9H2,2H3. The highest BCUT2D eigenvalue weighted by atomic mass is 79.9. The van der Waals surface area contributed by atoms with Crippen molar-refractivity contribution in [3.8, 4) is 0 Å². The Bertz CT molecular complexity index is 372. The highest BCUT2D eigenvalue weighted by molar-refractivity contribution is 9.10. The summed E-state index contributed by atoms with van der Waals surface area (Å²) in [6, 6.07) is 6.54. The summed E-state index contributed by atoms with van der Waals surface area (Å²) in [6.45, 7) is 6.87. The van der Waals surface area contributed by atoms with Crippen LogP contribution in [-0.2, 0) is 0 Å². The van der Waals surface area contributed by atoms with E-state index in [-0.39, 0.29) is 0 Å². The van der Waals surface area contributed by atoms with Crippen LogP contribution in [-0.4, -0.2) is 6.54 Å². The van der Waals surface area contributed by atoms with Crippen LogP contribution in [0.4, 0.5) is 0 Å². The maximum atomic E-state index is 6.13. The third kappa shape index (κ3) is 6.60. The lowest BCUT2D eigenvalue weighted by molar-refractivity contribution is 0.483. The Morgan fingerprint density at radius 1 is 1.32 bits per heavy atom. The van der Waals surface area contributed by atoms with E-state index in [1.807, 2.05) is 12.1 Å². The zero-order valence-corrected chi connectivity index (χ0v) is 13.9. The van der Waals surface area contributed by atoms with Gasteiger partial charge in [-0.2, -0.15) is 0 Å². The van der Waals surface area contributed by atoms with Crippen molar-refractivity contribution in [3.63, 3.8) is 0 Å². The molecule has 106 valence electrons. The zero-order chi connectivity index (χ0) is 14.1. The molecule has 0 heterocycles. The number of nitrogens with one attached hydrogen (secondary N) is 1. The average Bonchev–Trinajstić information content (AvgIpc) is 2.36. The van der Waals surface area contributed by atoms with Crippen LogP contribution < -0.4 is 5.32 Å². The van der Waals surface area contributed by atoms with E-state index in [1.54, 1.807) is 0 Å². The first-order chi connectivity index (χ1) is 9.17. The van der Waals surface area contributed by atoms with Crippen LogP contribution in [0.5, 0.6) is 0 Å². The van der Waals surface area contributed by atoms with Crippen LogP contribution in [0.3, 0.4) is 0 Å². The summed E-state index contributed by atoms with van der Waals surface area (Å²) in [5.41, 5.74) is 1.27. The molecule has 0 aromatic heterocycles. The van der Waals surface area contributed by atoms with Crippen molar-refractivity contribution in [3.05, 3.63) is 45.9 Å². The largest absolute Gasteiger partial charge is 0.310 e. The molecule has 1 unspecified atom stereocenters. The van der Waals surface area contributed by atoms with E-state index >= 15 is 0 Å². The number of benzene rings is 1. The molecular formula is C16H23BrClN. The molecule has 0 saturated heterocycles. The van der Waals surface area contributed by atoms with E-state index in [4.69, 9.17) is 11.6 Å². The molecule has 0 fully saturated rings. The zero-order valence-electron chi connectivity index (χ0n) is 11.6. The predicted octanol–water partition coefficient (Wildman–Crippen LogP) is 5.89. The summed E-state index contributed by atoms with van der Waals surface area (Å²) in [4.78, 5) is 0. The fourth-order valence-electron chi connectivity index (χ4n) is 2.22. The normalized spacial score (nSPS) is 12.4. The Morgan fingerprint density at radius 2 is 2.11 bits per heavy atom. The van der Waals surface area contributed by atoms with Crippen LogP contribution in [0.15, 0.2) is 35.3 Å². The lowest BCUT2D eigenvalue weighted by atomic mass is 10.00. The minimum absolute atomic E-state index is 0.392. The molecule has 1 atom stereocenters. The van der Waals surface area contributed by atoms with Gasteiger partial charge in [0.05, 0.1) is 0 Å². The van der Waals surface area contributed by atoms with Gasteiger partial charge in [0.1, 0.15) is 0 Å². The van der Waals surface area contributed by atoms with Crippen LogP contribution >= 0.6 is 27.5 Å². The monoisotopic (exact) mass is 343 g/mol. The Kier molecular flexibility index (Phi) is 8.43. The number of rotatable bonds is 9. The second-order valence-corrected chi connectivity index (χ2v) is 6.09. The lowest BCUT2D eigenvalue weighted by Gasteiger charge is -2.19. The second-order valence-electron chi connectivity index (χ2n) is 4.74. The van der Waals surface area contributed by atoms with Gasteiger partial charge in [0.2, 0.25) is 0 Å². The summed E-state index contributed by atoms with van der Waals surface area (Å²) in [5, 5.41) is 4.34. The van der Waals surface area contributed by atoms with Gasteiger partial charge in [0.25, 0.3) is 0 Å². The summed E-state index contributed by atoms with van der Waals surface area (Å²) < 4.78 is 1.05. The van der Waals surface area contributed by atoms with E-state index in [9.17, 15) is 0 Å². The van der Waals surface area contributed by atoms with Crippen molar-refractivity contribution in [1.82, 2.24) is 5.32 Å². The minimum Gasteiger partial charge on any atom is -0.310 e. The number of hydrogen-bond donors (Lipinski definition) is 1. The van der Waals surface area contributed by atoms with Crippen molar-refractivity contribution >= 4 is 27.5 Å². The minimum atomic E-state index is 0.392. The van der Waals surface area contributed by atoms with E-state index in [2.05, 4.69) is 46.9 Å². The van der Waals surface area contributed by atoms with Crippen molar-refractivity contribution in [1.29, 1.82) is 0 Å². The van der Waals surface area contributed by atoms with E-state index < -0.39 is 0 Å². The van der Waals surface area contributed by atoms with Crippen molar-refractivity contribution in [2.24, 2.45) is 0 Å². The Balaban J connectivity index is 2.57. The molecule has 1 aromatic carbocycles. The average molecular weight is 345 g/mol. The first-order valence-electron chi connectivity index (χ1n) is 6.97. The summed E-state index contributed by atoms with van der Waals surface area (Å²) in [6.07, 6.45) is 8.00. The summed E-state index contributed by atoms with van der Waals surface area (Å²) in [5.74, 6) is 0. The molecule has 0 amide bonds. The molecule has 1 rings (SSSR count). The van der Waals surface area contributed by atoms with Gasteiger partial charge in [-0.1, -0.05) is 53.4 Å². The number of unbranched alkanes of at least 4 members (excludes halogenated alkanes) is 3. The molecule has 1 aromatic rings. The Morgan fingerprint density at radius 3 is 2.74 bits per heavy atom. The van der Waals surface area contributed by atoms with Gasteiger partial charge in [-0.05, 0) is 49.6 Å². The smallest absolute Gasteiger partial charge is 0.0420 e. The predicted molar refractivity (Wildman–Crippen MR) is 88.9 cm³/mol. The fourth-order valence-corrected chi connectivity index (χ4v) is 3.11. The van der Waals surface area contributed by atoms with Crippen LogP contribution in [0.25, 0.3) is 0 Å². The van der Waals surface area contributed by atoms with Crippen molar-refractivity contribution in [2.75, 3.05) is 6.54 Å². The summed E-state index contributed by atoms with van der Waals surface area (Å²) >= 11 is 9.64. The fraction of sp³-hybridized carbons (Fsp3) is 0.500. The molecule has 0 aliphatic heterocycles. The highest BCUT2D eigenvalue weighted by Gasteiger charge is 2.11. The lowest BCUT2D eigenvalue weighted by Crippen LogP contribution is -2.20. The molecule has 0 saturated carbocycles. The van der Waals surface area contributed by atoms with Crippen LogP contribution in [0.2, 0.25) is 5.02 Å². The van der Waals surface area contributed by atoms with Gasteiger partial charge < -0.3 is 5.32 Å². The quantitative estimate of drug-likeness (QED) is 0.435. The third-order valence-electron chi connectivity index (χ3n) is 3.14. The molecule has 1 nitrogen and oxygen atoms in total. The molecule has 19 heavy (non-hydrogen) atoms. The second kappa shape index (κ2) is 9.57. The Hall–Kier alpha value is -0.310. The van der Waals surface area contributed by atoms with Gasteiger partial charge >= 0.3 is 0 Å². The van der Waals surface area contributed by atoms with Crippen LogP contribution in [0, 0.1) is 0 Å². The van der Waals surface area contributed by atoms with Gasteiger partial charge in [0.15, 0.2) is 0 Å². The topological polar surface area (TPSA) is 12.0 Å². The van der Waals surface area contributed by atoms with Crippen LogP contribution in [0.1, 0.15) is 50.6 Å². The van der Waals surface area contributed by atoms with E-state index in [0.29, 0.717) is 6.04 Å². The first-order valence-corrected chi connectivity index (χ1v) is 8.14. The molecule has 0 radical (unpaired) electrons. The van der Waals surface area contributed by atoms with Gasteiger partial charge in [0, 0.05) is 15.5 Å². The van der Waals surface area contributed by atoms with Gasteiger partial charge in [-0.3, -0.25) is 0 Å². The number of hydrogen-bond acceptors (Lipinski definition) is 1. The molecule has 0 aliphatic carbocycles. The summed E-state index contributed by atoms with van der Waals surface area (Å²) in [7, 11) is 0. The molecule has 0 spiro atoms. The highest BCUT2D eigenvalue weighted by Crippen LogP contribution is 2.27. The molecule has 3 heteroatoms. The van der Waals surface area contributed by atoms with E-state index in [0.717, 1.165) is 28.9 Å². The number of halogens is 2. The van der Waals surface area contributed by atoms with Crippen molar-refractivity contribution in [2.45, 2.75) is 45.1 Å². The molecule has 1 N–H and O–H groups in total. The molecular weight excluding hydrogens is 322 g/mol. The number of allylic oxidation sites excluding steroid dienone is 1. The third-order valence-corrected chi connectivity index (χ3v) is 3.81.